The van der Waals surface area contributed by atoms with Crippen LogP contribution in [-0.4, -0.2) is 35.0 Å². The van der Waals surface area contributed by atoms with Crippen molar-refractivity contribution in [3.05, 3.63) is 26.9 Å². The van der Waals surface area contributed by atoms with Crippen LogP contribution in [0.5, 0.6) is 0 Å². The van der Waals surface area contributed by atoms with Gasteiger partial charge in [-0.25, -0.2) is 13.4 Å². The van der Waals surface area contributed by atoms with Crippen LogP contribution in [0.3, 0.4) is 0 Å². The Kier molecular flexibility index (Phi) is 3.93. The van der Waals surface area contributed by atoms with Gasteiger partial charge >= 0.3 is 0 Å². The average Bonchev–Trinajstić information content (AvgIpc) is 2.88. The molecule has 0 aliphatic heterocycles. The summed E-state index contributed by atoms with van der Waals surface area (Å²) in [5.41, 5.74) is 0. The van der Waals surface area contributed by atoms with E-state index in [-0.39, 0.29) is 15.8 Å². The monoisotopic (exact) mass is 326 g/mol. The van der Waals surface area contributed by atoms with Crippen molar-refractivity contribution in [2.75, 3.05) is 7.05 Å². The Bertz CT molecular complexity index is 638. The van der Waals surface area contributed by atoms with Gasteiger partial charge in [-0.3, -0.25) is 5.10 Å². The predicted octanol–water partition coefficient (Wildman–Crippen LogP) is 1.99. The zero-order valence-electron chi connectivity index (χ0n) is 9.09. The summed E-state index contributed by atoms with van der Waals surface area (Å²) in [5.74, 6) is 0.443. The Morgan fingerprint density at radius 1 is 1.50 bits per heavy atom. The van der Waals surface area contributed by atoms with Crippen LogP contribution in [0.1, 0.15) is 5.82 Å². The van der Waals surface area contributed by atoms with Gasteiger partial charge in [-0.15, -0.1) is 11.3 Å². The fraction of sp³-hybridized carbons (Fsp3) is 0.250. The quantitative estimate of drug-likeness (QED) is 0.931. The first-order valence-electron chi connectivity index (χ1n) is 4.66. The number of hydrogen-bond donors (Lipinski definition) is 1. The first-order chi connectivity index (χ1) is 8.41. The normalized spacial score (nSPS) is 12.2. The molecular weight excluding hydrogens is 319 g/mol. The Morgan fingerprint density at radius 3 is 2.72 bits per heavy atom. The number of aromatic amines is 1. The van der Waals surface area contributed by atoms with Crippen LogP contribution < -0.4 is 0 Å². The molecule has 0 bridgehead atoms. The first kappa shape index (κ1) is 13.8. The zero-order valence-corrected chi connectivity index (χ0v) is 12.2. The lowest BCUT2D eigenvalue weighted by atomic mass is 10.6. The fourth-order valence-electron chi connectivity index (χ4n) is 1.27. The molecule has 2 aromatic rings. The summed E-state index contributed by atoms with van der Waals surface area (Å²) in [6.45, 7) is 0.0755. The van der Waals surface area contributed by atoms with Crippen LogP contribution in [0.4, 0.5) is 0 Å². The highest BCUT2D eigenvalue weighted by Crippen LogP contribution is 2.35. The van der Waals surface area contributed by atoms with Gasteiger partial charge in [0.2, 0.25) is 10.0 Å². The maximum absolute atomic E-state index is 12.2. The third kappa shape index (κ3) is 2.67. The first-order valence-corrected chi connectivity index (χ1v) is 7.68. The number of halogens is 2. The third-order valence-electron chi connectivity index (χ3n) is 2.15. The number of nitrogens with zero attached hydrogens (tertiary/aromatic N) is 3. The molecule has 0 radical (unpaired) electrons. The van der Waals surface area contributed by atoms with Crippen molar-refractivity contribution in [3.63, 3.8) is 0 Å². The highest BCUT2D eigenvalue weighted by atomic mass is 35.5. The van der Waals surface area contributed by atoms with Crippen molar-refractivity contribution < 1.29 is 8.42 Å². The summed E-state index contributed by atoms with van der Waals surface area (Å²) in [7, 11) is -2.26. The number of thiophene rings is 1. The second kappa shape index (κ2) is 5.14. The molecule has 2 rings (SSSR count). The van der Waals surface area contributed by atoms with Crippen LogP contribution in [0.25, 0.3) is 0 Å². The molecule has 0 atom stereocenters. The van der Waals surface area contributed by atoms with Crippen molar-refractivity contribution in [2.45, 2.75) is 11.4 Å². The van der Waals surface area contributed by atoms with Crippen LogP contribution in [-0.2, 0) is 16.6 Å². The molecule has 18 heavy (non-hydrogen) atoms. The molecule has 0 saturated heterocycles. The molecule has 10 heteroatoms. The van der Waals surface area contributed by atoms with E-state index in [1.54, 1.807) is 0 Å². The van der Waals surface area contributed by atoms with E-state index >= 15 is 0 Å². The molecule has 0 aliphatic carbocycles. The lowest BCUT2D eigenvalue weighted by Crippen LogP contribution is -2.26. The van der Waals surface area contributed by atoms with Crippen LogP contribution in [0.2, 0.25) is 8.67 Å². The molecule has 1 N–H and O–H groups in total. The molecule has 0 aliphatic rings. The Balaban J connectivity index is 2.28. The maximum Gasteiger partial charge on any atom is 0.245 e. The van der Waals surface area contributed by atoms with Gasteiger partial charge in [0.25, 0.3) is 0 Å². The molecule has 0 aromatic carbocycles. The molecule has 2 heterocycles. The Labute approximate surface area is 118 Å². The van der Waals surface area contributed by atoms with Crippen LogP contribution >= 0.6 is 34.5 Å². The average molecular weight is 327 g/mol. The van der Waals surface area contributed by atoms with Gasteiger partial charge in [-0.2, -0.15) is 9.40 Å². The topological polar surface area (TPSA) is 79.0 Å². The minimum absolute atomic E-state index is 0.00109. The Hall–Kier alpha value is -0.670. The Morgan fingerprint density at radius 2 is 2.22 bits per heavy atom. The van der Waals surface area contributed by atoms with E-state index < -0.39 is 10.0 Å². The highest BCUT2D eigenvalue weighted by molar-refractivity contribution is 7.89. The van der Waals surface area contributed by atoms with E-state index in [4.69, 9.17) is 23.2 Å². The second-order valence-electron chi connectivity index (χ2n) is 3.38. The molecule has 0 amide bonds. The van der Waals surface area contributed by atoms with E-state index in [1.807, 2.05) is 0 Å². The smallest absolute Gasteiger partial charge is 0.245 e. The SMILES string of the molecule is CN(Cc1ncn[nH]1)S(=O)(=O)c1cc(Cl)sc1Cl. The highest BCUT2D eigenvalue weighted by Gasteiger charge is 2.26. The van der Waals surface area contributed by atoms with Gasteiger partial charge in [0.15, 0.2) is 0 Å². The summed E-state index contributed by atoms with van der Waals surface area (Å²) in [5, 5.41) is 6.24. The molecule has 98 valence electrons. The predicted molar refractivity (Wildman–Crippen MR) is 69.4 cm³/mol. The van der Waals surface area contributed by atoms with Crippen molar-refractivity contribution in [2.24, 2.45) is 0 Å². The molecule has 0 spiro atoms. The van der Waals surface area contributed by atoms with Gasteiger partial charge in [-0.05, 0) is 6.07 Å². The van der Waals surface area contributed by atoms with Crippen molar-refractivity contribution >= 4 is 44.6 Å². The molecule has 6 nitrogen and oxygen atoms in total. The number of H-pyrrole nitrogens is 1. The van der Waals surface area contributed by atoms with Gasteiger partial charge in [0.1, 0.15) is 21.4 Å². The lowest BCUT2D eigenvalue weighted by Gasteiger charge is -2.14. The number of sulfonamides is 1. The van der Waals surface area contributed by atoms with Gasteiger partial charge in [0, 0.05) is 7.05 Å². The number of aromatic nitrogens is 3. The van der Waals surface area contributed by atoms with Crippen LogP contribution in [0.15, 0.2) is 17.3 Å². The summed E-state index contributed by atoms with van der Waals surface area (Å²) < 4.78 is 26.0. The minimum atomic E-state index is -3.69. The van der Waals surface area contributed by atoms with E-state index in [2.05, 4.69) is 15.2 Å². The second-order valence-corrected chi connectivity index (χ2v) is 7.68. The number of rotatable bonds is 4. The summed E-state index contributed by atoms with van der Waals surface area (Å²) in [6, 6.07) is 1.33. The van der Waals surface area contributed by atoms with Crippen molar-refractivity contribution in [1.29, 1.82) is 0 Å². The summed E-state index contributed by atoms with van der Waals surface area (Å²) in [4.78, 5) is 3.86. The van der Waals surface area contributed by atoms with E-state index in [0.717, 1.165) is 15.6 Å². The standard InChI is InChI=1S/C8H8Cl2N4O2S2/c1-14(3-7-11-4-12-13-7)18(15,16)5-2-6(9)17-8(5)10/h2,4H,3H2,1H3,(H,11,12,13). The van der Waals surface area contributed by atoms with E-state index in [9.17, 15) is 8.42 Å². The van der Waals surface area contributed by atoms with E-state index in [0.29, 0.717) is 10.2 Å². The van der Waals surface area contributed by atoms with Crippen LogP contribution in [0, 0.1) is 0 Å². The van der Waals surface area contributed by atoms with Crippen molar-refractivity contribution in [1.82, 2.24) is 19.5 Å². The molecule has 0 fully saturated rings. The van der Waals surface area contributed by atoms with Crippen molar-refractivity contribution in [3.8, 4) is 0 Å². The third-order valence-corrected chi connectivity index (χ3v) is 5.71. The molecule has 0 unspecified atom stereocenters. The number of hydrogen-bond acceptors (Lipinski definition) is 5. The number of nitrogens with one attached hydrogen (secondary N) is 1. The van der Waals surface area contributed by atoms with Gasteiger partial charge in [0.05, 0.1) is 10.9 Å². The summed E-state index contributed by atoms with van der Waals surface area (Å²) in [6.07, 6.45) is 1.31. The lowest BCUT2D eigenvalue weighted by molar-refractivity contribution is 0.457. The maximum atomic E-state index is 12.2. The zero-order chi connectivity index (χ0) is 13.3. The van der Waals surface area contributed by atoms with Gasteiger partial charge in [-0.1, -0.05) is 23.2 Å². The fourth-order valence-corrected chi connectivity index (χ4v) is 4.51. The molecular formula is C8H8Cl2N4O2S2. The summed E-state index contributed by atoms with van der Waals surface area (Å²) >= 11 is 12.6. The molecule has 2 aromatic heterocycles. The van der Waals surface area contributed by atoms with Gasteiger partial charge < -0.3 is 0 Å². The minimum Gasteiger partial charge on any atom is -0.262 e. The van der Waals surface area contributed by atoms with E-state index in [1.165, 1.54) is 19.4 Å². The largest absolute Gasteiger partial charge is 0.262 e. The molecule has 0 saturated carbocycles.